The zero-order chi connectivity index (χ0) is 21.0. The first-order valence-electron chi connectivity index (χ1n) is 9.32. The Morgan fingerprint density at radius 1 is 1.17 bits per heavy atom. The van der Waals surface area contributed by atoms with Crippen molar-refractivity contribution >= 4 is 21.9 Å². The van der Waals surface area contributed by atoms with E-state index < -0.39 is 16.0 Å². The van der Waals surface area contributed by atoms with E-state index in [1.807, 2.05) is 6.92 Å². The fourth-order valence-electron chi connectivity index (χ4n) is 3.28. The predicted molar refractivity (Wildman–Crippen MR) is 106 cm³/mol. The van der Waals surface area contributed by atoms with E-state index in [0.29, 0.717) is 13.1 Å². The minimum Gasteiger partial charge on any atom is -0.477 e. The zero-order valence-electron chi connectivity index (χ0n) is 16.0. The number of carboxylic acids is 1. The molecule has 0 spiro atoms. The van der Waals surface area contributed by atoms with Gasteiger partial charge in [-0.05, 0) is 49.9 Å². The molecule has 1 amide bonds. The van der Waals surface area contributed by atoms with Gasteiger partial charge >= 0.3 is 5.97 Å². The van der Waals surface area contributed by atoms with Crippen LogP contribution >= 0.6 is 0 Å². The molecule has 2 N–H and O–H groups in total. The van der Waals surface area contributed by atoms with Crippen molar-refractivity contribution in [3.05, 3.63) is 59.4 Å². The van der Waals surface area contributed by atoms with Gasteiger partial charge in [-0.15, -0.1) is 0 Å². The molecule has 0 bridgehead atoms. The van der Waals surface area contributed by atoms with Crippen molar-refractivity contribution in [2.45, 2.75) is 24.7 Å². The number of hydrogen-bond donors (Lipinski definition) is 2. The van der Waals surface area contributed by atoms with Crippen LogP contribution in [0.15, 0.2) is 47.4 Å². The van der Waals surface area contributed by atoms with Crippen molar-refractivity contribution < 1.29 is 23.1 Å². The van der Waals surface area contributed by atoms with Crippen LogP contribution in [0.2, 0.25) is 0 Å². The van der Waals surface area contributed by atoms with Gasteiger partial charge < -0.3 is 10.0 Å². The highest BCUT2D eigenvalue weighted by atomic mass is 32.2. The van der Waals surface area contributed by atoms with E-state index >= 15 is 0 Å². The average Bonchev–Trinajstić information content (AvgIpc) is 2.72. The van der Waals surface area contributed by atoms with Crippen LogP contribution in [-0.2, 0) is 10.0 Å². The minimum absolute atomic E-state index is 0.0319. The second-order valence-electron chi connectivity index (χ2n) is 7.14. The van der Waals surface area contributed by atoms with Crippen molar-refractivity contribution in [3.63, 3.8) is 0 Å². The number of rotatable bonds is 6. The SMILES string of the molecule is Cc1ccc(S(=O)(=O)NCC2CCCN(C(=O)c3cccc(C(=O)O)n3)C2)cc1. The second kappa shape index (κ2) is 8.71. The molecule has 1 unspecified atom stereocenters. The molecule has 1 saturated heterocycles. The molecular formula is C20H23N3O5S. The number of nitrogens with one attached hydrogen (secondary N) is 1. The summed E-state index contributed by atoms with van der Waals surface area (Å²) < 4.78 is 27.6. The number of aromatic nitrogens is 1. The molecule has 0 saturated carbocycles. The van der Waals surface area contributed by atoms with Crippen LogP contribution in [0.25, 0.3) is 0 Å². The van der Waals surface area contributed by atoms with Crippen LogP contribution in [0, 0.1) is 12.8 Å². The summed E-state index contributed by atoms with van der Waals surface area (Å²) in [4.78, 5) is 29.5. The summed E-state index contributed by atoms with van der Waals surface area (Å²) in [6.45, 7) is 3.02. The molecule has 1 atom stereocenters. The Balaban J connectivity index is 1.63. The number of carbonyl (C=O) groups excluding carboxylic acids is 1. The Labute approximate surface area is 169 Å². The largest absolute Gasteiger partial charge is 0.477 e. The maximum Gasteiger partial charge on any atom is 0.354 e. The Bertz CT molecular complexity index is 1010. The van der Waals surface area contributed by atoms with Crippen LogP contribution in [0.1, 0.15) is 39.4 Å². The maximum absolute atomic E-state index is 12.7. The molecule has 0 radical (unpaired) electrons. The van der Waals surface area contributed by atoms with Gasteiger partial charge in [-0.3, -0.25) is 4.79 Å². The number of piperidine rings is 1. The number of amides is 1. The lowest BCUT2D eigenvalue weighted by molar-refractivity contribution is 0.0668. The number of carbonyl (C=O) groups is 2. The summed E-state index contributed by atoms with van der Waals surface area (Å²) >= 11 is 0. The van der Waals surface area contributed by atoms with Crippen LogP contribution in [-0.4, -0.2) is 54.9 Å². The molecule has 1 aromatic heterocycles. The Morgan fingerprint density at radius 2 is 1.86 bits per heavy atom. The van der Waals surface area contributed by atoms with Crippen molar-refractivity contribution in [2.24, 2.45) is 5.92 Å². The van der Waals surface area contributed by atoms with Gasteiger partial charge in [-0.1, -0.05) is 23.8 Å². The number of nitrogens with zero attached hydrogens (tertiary/aromatic N) is 2. The van der Waals surface area contributed by atoms with Gasteiger partial charge in [-0.2, -0.15) is 0 Å². The fourth-order valence-corrected chi connectivity index (χ4v) is 4.40. The third kappa shape index (κ3) is 5.18. The molecule has 154 valence electrons. The van der Waals surface area contributed by atoms with Gasteiger partial charge in [0.15, 0.2) is 0 Å². The van der Waals surface area contributed by atoms with Crippen LogP contribution in [0.3, 0.4) is 0 Å². The van der Waals surface area contributed by atoms with Crippen LogP contribution in [0.5, 0.6) is 0 Å². The molecule has 2 heterocycles. The smallest absolute Gasteiger partial charge is 0.354 e. The molecule has 1 fully saturated rings. The number of benzene rings is 1. The standard InChI is InChI=1S/C20H23N3O5S/c1-14-7-9-16(10-8-14)29(27,28)21-12-15-4-3-11-23(13-15)19(24)17-5-2-6-18(22-17)20(25)26/h2,5-10,15,21H,3-4,11-13H2,1H3,(H,25,26). The monoisotopic (exact) mass is 417 g/mol. The van der Waals surface area contributed by atoms with Crippen LogP contribution in [0.4, 0.5) is 0 Å². The summed E-state index contributed by atoms with van der Waals surface area (Å²) in [6, 6.07) is 10.9. The lowest BCUT2D eigenvalue weighted by Crippen LogP contribution is -2.44. The van der Waals surface area contributed by atoms with E-state index in [9.17, 15) is 18.0 Å². The van der Waals surface area contributed by atoms with Gasteiger partial charge in [0, 0.05) is 19.6 Å². The molecule has 2 aromatic rings. The van der Waals surface area contributed by atoms with Crippen LogP contribution < -0.4 is 4.72 Å². The summed E-state index contributed by atoms with van der Waals surface area (Å²) in [7, 11) is -3.61. The second-order valence-corrected chi connectivity index (χ2v) is 8.90. The highest BCUT2D eigenvalue weighted by Gasteiger charge is 2.27. The van der Waals surface area contributed by atoms with Gasteiger partial charge in [0.2, 0.25) is 10.0 Å². The number of hydrogen-bond acceptors (Lipinski definition) is 5. The Hall–Kier alpha value is -2.78. The van der Waals surface area contributed by atoms with E-state index in [0.717, 1.165) is 18.4 Å². The lowest BCUT2D eigenvalue weighted by Gasteiger charge is -2.32. The maximum atomic E-state index is 12.7. The summed E-state index contributed by atoms with van der Waals surface area (Å²) in [6.07, 6.45) is 1.53. The number of likely N-dealkylation sites (tertiary alicyclic amines) is 1. The van der Waals surface area contributed by atoms with E-state index in [1.165, 1.54) is 18.2 Å². The molecule has 3 rings (SSSR count). The molecule has 1 aliphatic rings. The highest BCUT2D eigenvalue weighted by Crippen LogP contribution is 2.19. The third-order valence-electron chi connectivity index (χ3n) is 4.89. The molecule has 8 nitrogen and oxygen atoms in total. The third-order valence-corrected chi connectivity index (χ3v) is 6.33. The summed E-state index contributed by atoms with van der Waals surface area (Å²) in [5, 5.41) is 9.05. The van der Waals surface area contributed by atoms with Gasteiger partial charge in [0.1, 0.15) is 11.4 Å². The molecule has 0 aliphatic carbocycles. The molecular weight excluding hydrogens is 394 g/mol. The highest BCUT2D eigenvalue weighted by molar-refractivity contribution is 7.89. The fraction of sp³-hybridized carbons (Fsp3) is 0.350. The molecule has 29 heavy (non-hydrogen) atoms. The predicted octanol–water partition coefficient (Wildman–Crippen LogP) is 1.92. The summed E-state index contributed by atoms with van der Waals surface area (Å²) in [5.74, 6) is -1.57. The Morgan fingerprint density at radius 3 is 2.55 bits per heavy atom. The van der Waals surface area contributed by atoms with Crippen molar-refractivity contribution in [1.82, 2.24) is 14.6 Å². The minimum atomic E-state index is -3.61. The number of aromatic carboxylic acids is 1. The van der Waals surface area contributed by atoms with Crippen molar-refractivity contribution in [3.8, 4) is 0 Å². The summed E-state index contributed by atoms with van der Waals surface area (Å²) in [5.41, 5.74) is 0.868. The molecule has 9 heteroatoms. The van der Waals surface area contributed by atoms with E-state index in [2.05, 4.69) is 9.71 Å². The first-order chi connectivity index (χ1) is 13.8. The number of sulfonamides is 1. The van der Waals surface area contributed by atoms with E-state index in [1.54, 1.807) is 29.2 Å². The number of carboxylic acid groups (broad SMARTS) is 1. The topological polar surface area (TPSA) is 117 Å². The van der Waals surface area contributed by atoms with E-state index in [4.69, 9.17) is 5.11 Å². The molecule has 1 aromatic carbocycles. The van der Waals surface area contributed by atoms with Gasteiger partial charge in [-0.25, -0.2) is 22.9 Å². The van der Waals surface area contributed by atoms with Gasteiger partial charge in [0.25, 0.3) is 5.91 Å². The van der Waals surface area contributed by atoms with Gasteiger partial charge in [0.05, 0.1) is 4.90 Å². The Kier molecular flexibility index (Phi) is 6.29. The van der Waals surface area contributed by atoms with E-state index in [-0.39, 0.29) is 34.7 Å². The quantitative estimate of drug-likeness (QED) is 0.742. The zero-order valence-corrected chi connectivity index (χ0v) is 16.9. The molecule has 1 aliphatic heterocycles. The number of pyridine rings is 1. The first-order valence-corrected chi connectivity index (χ1v) is 10.8. The van der Waals surface area contributed by atoms with Crippen molar-refractivity contribution in [1.29, 1.82) is 0 Å². The number of aryl methyl sites for hydroxylation is 1. The normalized spacial score (nSPS) is 17.1. The first kappa shape index (κ1) is 20.9. The average molecular weight is 417 g/mol. The van der Waals surface area contributed by atoms with Crippen molar-refractivity contribution in [2.75, 3.05) is 19.6 Å². The lowest BCUT2D eigenvalue weighted by atomic mass is 9.98.